The van der Waals surface area contributed by atoms with Crippen LogP contribution in [0.5, 0.6) is 0 Å². The fraction of sp³-hybridized carbons (Fsp3) is 0.136. The standard InChI is InChI=1S/C22H20N2O2/c23-20-16-26-24(21(20)25)22(17-10-4-1-5-11-17,18-12-6-2-7-13-18)19-14-8-3-9-15-19/h1-15,20H,16,23H2. The maximum atomic E-state index is 12.9. The summed E-state index contributed by atoms with van der Waals surface area (Å²) in [6.45, 7) is 0.174. The Morgan fingerprint density at radius 1 is 0.769 bits per heavy atom. The number of carbonyl (C=O) groups excluding carboxylic acids is 1. The second-order valence-electron chi connectivity index (χ2n) is 6.34. The molecule has 4 nitrogen and oxygen atoms in total. The molecule has 3 aromatic rings. The van der Waals surface area contributed by atoms with Crippen molar-refractivity contribution in [3.63, 3.8) is 0 Å². The van der Waals surface area contributed by atoms with Crippen molar-refractivity contribution >= 4 is 5.91 Å². The largest absolute Gasteiger partial charge is 0.318 e. The Hall–Kier alpha value is -2.95. The number of hydroxylamine groups is 2. The molecule has 0 saturated carbocycles. The third-order valence-electron chi connectivity index (χ3n) is 4.78. The summed E-state index contributed by atoms with van der Waals surface area (Å²) in [5.74, 6) is -0.221. The zero-order chi connectivity index (χ0) is 18.0. The number of hydrogen-bond acceptors (Lipinski definition) is 3. The van der Waals surface area contributed by atoms with Crippen molar-refractivity contribution in [3.05, 3.63) is 108 Å². The van der Waals surface area contributed by atoms with E-state index >= 15 is 0 Å². The summed E-state index contributed by atoms with van der Waals surface area (Å²) >= 11 is 0. The van der Waals surface area contributed by atoms with Gasteiger partial charge in [0.15, 0.2) is 0 Å². The molecule has 4 rings (SSSR count). The highest BCUT2D eigenvalue weighted by Crippen LogP contribution is 2.43. The summed E-state index contributed by atoms with van der Waals surface area (Å²) < 4.78 is 0. The van der Waals surface area contributed by atoms with Crippen molar-refractivity contribution in [3.8, 4) is 0 Å². The Morgan fingerprint density at radius 3 is 1.46 bits per heavy atom. The Bertz CT molecular complexity index is 785. The number of rotatable bonds is 4. The number of hydrogen-bond donors (Lipinski definition) is 1. The van der Waals surface area contributed by atoms with Crippen LogP contribution in [0.4, 0.5) is 0 Å². The van der Waals surface area contributed by atoms with Gasteiger partial charge in [-0.1, -0.05) is 91.0 Å². The van der Waals surface area contributed by atoms with Gasteiger partial charge in [0.1, 0.15) is 11.6 Å². The minimum Gasteiger partial charge on any atom is -0.318 e. The van der Waals surface area contributed by atoms with Gasteiger partial charge < -0.3 is 5.73 Å². The molecule has 0 spiro atoms. The van der Waals surface area contributed by atoms with E-state index in [0.717, 1.165) is 16.7 Å². The second-order valence-corrected chi connectivity index (χ2v) is 6.34. The van der Waals surface area contributed by atoms with Crippen molar-refractivity contribution < 1.29 is 9.63 Å². The van der Waals surface area contributed by atoms with E-state index in [1.54, 1.807) is 0 Å². The predicted molar refractivity (Wildman–Crippen MR) is 100.0 cm³/mol. The lowest BCUT2D eigenvalue weighted by atomic mass is 9.76. The Kier molecular flexibility index (Phi) is 4.29. The lowest BCUT2D eigenvalue weighted by molar-refractivity contribution is -0.183. The molecule has 0 aromatic heterocycles. The van der Waals surface area contributed by atoms with Crippen LogP contribution in [0.25, 0.3) is 0 Å². The van der Waals surface area contributed by atoms with E-state index in [4.69, 9.17) is 10.6 Å². The van der Waals surface area contributed by atoms with E-state index in [-0.39, 0.29) is 12.5 Å². The van der Waals surface area contributed by atoms with Gasteiger partial charge in [0, 0.05) is 0 Å². The molecular weight excluding hydrogens is 324 g/mol. The van der Waals surface area contributed by atoms with Crippen LogP contribution in [0.3, 0.4) is 0 Å². The molecule has 1 aliphatic rings. The summed E-state index contributed by atoms with van der Waals surface area (Å²) in [4.78, 5) is 18.8. The minimum absolute atomic E-state index is 0.174. The second kappa shape index (κ2) is 6.75. The molecule has 1 unspecified atom stereocenters. The van der Waals surface area contributed by atoms with Crippen molar-refractivity contribution in [1.29, 1.82) is 0 Å². The summed E-state index contributed by atoms with van der Waals surface area (Å²) in [7, 11) is 0. The highest BCUT2D eigenvalue weighted by molar-refractivity contribution is 5.84. The van der Waals surface area contributed by atoms with Gasteiger partial charge >= 0.3 is 0 Å². The van der Waals surface area contributed by atoms with Crippen LogP contribution < -0.4 is 5.73 Å². The topological polar surface area (TPSA) is 55.6 Å². The number of carbonyl (C=O) groups is 1. The quantitative estimate of drug-likeness (QED) is 0.740. The third-order valence-corrected chi connectivity index (χ3v) is 4.78. The van der Waals surface area contributed by atoms with Gasteiger partial charge in [0.2, 0.25) is 0 Å². The molecule has 1 fully saturated rings. The van der Waals surface area contributed by atoms with Gasteiger partial charge in [0.25, 0.3) is 5.91 Å². The molecule has 2 N–H and O–H groups in total. The first-order valence-corrected chi connectivity index (χ1v) is 8.63. The molecule has 0 aliphatic carbocycles. The van der Waals surface area contributed by atoms with Gasteiger partial charge in [-0.25, -0.2) is 5.06 Å². The average molecular weight is 344 g/mol. The summed E-state index contributed by atoms with van der Waals surface area (Å²) in [6, 6.07) is 29.1. The lowest BCUT2D eigenvalue weighted by Gasteiger charge is -2.41. The van der Waals surface area contributed by atoms with Gasteiger partial charge in [-0.05, 0) is 16.7 Å². The molecule has 0 bridgehead atoms. The normalized spacial score (nSPS) is 17.5. The Labute approximate surface area is 152 Å². The van der Waals surface area contributed by atoms with Crippen molar-refractivity contribution in [2.75, 3.05) is 6.61 Å². The molecule has 1 heterocycles. The first-order valence-electron chi connectivity index (χ1n) is 8.63. The predicted octanol–water partition coefficient (Wildman–Crippen LogP) is 3.08. The third kappa shape index (κ3) is 2.51. The van der Waals surface area contributed by atoms with Crippen molar-refractivity contribution in [2.24, 2.45) is 5.73 Å². The molecule has 3 aromatic carbocycles. The summed E-state index contributed by atoms with van der Waals surface area (Å²) in [5.41, 5.74) is 7.91. The molecule has 130 valence electrons. The van der Waals surface area contributed by atoms with Crippen molar-refractivity contribution in [2.45, 2.75) is 11.6 Å². The molecule has 4 heteroatoms. The van der Waals surface area contributed by atoms with Crippen LogP contribution in [-0.2, 0) is 15.2 Å². The average Bonchev–Trinajstić information content (AvgIpc) is 3.04. The van der Waals surface area contributed by atoms with E-state index in [0.29, 0.717) is 0 Å². The first kappa shape index (κ1) is 16.5. The molecule has 26 heavy (non-hydrogen) atoms. The number of amides is 1. The highest BCUT2D eigenvalue weighted by atomic mass is 16.7. The van der Waals surface area contributed by atoms with Crippen LogP contribution in [0.15, 0.2) is 91.0 Å². The van der Waals surface area contributed by atoms with Gasteiger partial charge in [0.05, 0.1) is 6.61 Å². The number of benzene rings is 3. The Morgan fingerprint density at radius 2 is 1.15 bits per heavy atom. The lowest BCUT2D eigenvalue weighted by Crippen LogP contribution is -2.50. The molecule has 1 aliphatic heterocycles. The minimum atomic E-state index is -0.908. The van der Waals surface area contributed by atoms with E-state index in [9.17, 15) is 4.79 Å². The van der Waals surface area contributed by atoms with Crippen molar-refractivity contribution in [1.82, 2.24) is 5.06 Å². The highest BCUT2D eigenvalue weighted by Gasteiger charge is 2.50. The van der Waals surface area contributed by atoms with E-state index < -0.39 is 11.6 Å². The van der Waals surface area contributed by atoms with E-state index in [2.05, 4.69) is 0 Å². The molecule has 1 atom stereocenters. The van der Waals surface area contributed by atoms with Crippen LogP contribution in [0.1, 0.15) is 16.7 Å². The van der Waals surface area contributed by atoms with Crippen LogP contribution in [0, 0.1) is 0 Å². The van der Waals surface area contributed by atoms with Gasteiger partial charge in [-0.2, -0.15) is 0 Å². The SMILES string of the molecule is NC1CON(C(c2ccccc2)(c2ccccc2)c2ccccc2)C1=O. The molecule has 1 amide bonds. The summed E-state index contributed by atoms with van der Waals surface area (Å²) in [5, 5.41) is 1.46. The summed E-state index contributed by atoms with van der Waals surface area (Å²) in [6.07, 6.45) is 0. The molecule has 0 radical (unpaired) electrons. The fourth-order valence-electron chi connectivity index (χ4n) is 3.59. The van der Waals surface area contributed by atoms with E-state index in [1.165, 1.54) is 5.06 Å². The van der Waals surface area contributed by atoms with Crippen LogP contribution in [-0.4, -0.2) is 23.6 Å². The smallest absolute Gasteiger partial charge is 0.267 e. The Balaban J connectivity index is 2.06. The van der Waals surface area contributed by atoms with Gasteiger partial charge in [-0.15, -0.1) is 0 Å². The maximum Gasteiger partial charge on any atom is 0.267 e. The monoisotopic (exact) mass is 344 g/mol. The number of nitrogens with zero attached hydrogens (tertiary/aromatic N) is 1. The van der Waals surface area contributed by atoms with Crippen LogP contribution in [0.2, 0.25) is 0 Å². The maximum absolute atomic E-state index is 12.9. The van der Waals surface area contributed by atoms with Gasteiger partial charge in [-0.3, -0.25) is 9.63 Å². The van der Waals surface area contributed by atoms with E-state index in [1.807, 2.05) is 91.0 Å². The molecule has 1 saturated heterocycles. The first-order chi connectivity index (χ1) is 12.7. The fourth-order valence-corrected chi connectivity index (χ4v) is 3.59. The number of nitrogens with two attached hydrogens (primary N) is 1. The zero-order valence-corrected chi connectivity index (χ0v) is 14.3. The van der Waals surface area contributed by atoms with Crippen LogP contribution >= 0.6 is 0 Å². The zero-order valence-electron chi connectivity index (χ0n) is 14.3. The molecular formula is C22H20N2O2.